The smallest absolute Gasteiger partial charge is 0.216 e. The number of benzene rings is 2. The van der Waals surface area contributed by atoms with E-state index in [2.05, 4.69) is 10.8 Å². The van der Waals surface area contributed by atoms with Crippen molar-refractivity contribution in [1.82, 2.24) is 4.72 Å². The SMILES string of the molecule is C[C@@H](Cc1ccc2c(c1)CCO2)NS(=O)(=O)Cc1ccccc1. The summed E-state index contributed by atoms with van der Waals surface area (Å²) in [6.45, 7) is 2.63. The second-order valence-corrected chi connectivity index (χ2v) is 7.76. The molecule has 1 atom stereocenters. The van der Waals surface area contributed by atoms with Gasteiger partial charge in [0.25, 0.3) is 0 Å². The van der Waals surface area contributed by atoms with Crippen LogP contribution in [0.4, 0.5) is 0 Å². The zero-order valence-corrected chi connectivity index (χ0v) is 14.0. The van der Waals surface area contributed by atoms with Gasteiger partial charge in [-0.05, 0) is 36.1 Å². The van der Waals surface area contributed by atoms with Crippen molar-refractivity contribution in [2.24, 2.45) is 0 Å². The quantitative estimate of drug-likeness (QED) is 0.885. The molecule has 0 amide bonds. The molecule has 0 fully saturated rings. The Morgan fingerprint density at radius 3 is 2.70 bits per heavy atom. The fourth-order valence-corrected chi connectivity index (χ4v) is 4.31. The molecule has 1 aliphatic heterocycles. The van der Waals surface area contributed by atoms with E-state index >= 15 is 0 Å². The van der Waals surface area contributed by atoms with Gasteiger partial charge in [0.1, 0.15) is 5.75 Å². The maximum atomic E-state index is 12.3. The van der Waals surface area contributed by atoms with Crippen molar-refractivity contribution >= 4 is 10.0 Å². The van der Waals surface area contributed by atoms with E-state index in [1.54, 1.807) is 0 Å². The van der Waals surface area contributed by atoms with Gasteiger partial charge >= 0.3 is 0 Å². The summed E-state index contributed by atoms with van der Waals surface area (Å²) in [4.78, 5) is 0. The number of fused-ring (bicyclic) bond motifs is 1. The van der Waals surface area contributed by atoms with Crippen LogP contribution in [0.1, 0.15) is 23.6 Å². The summed E-state index contributed by atoms with van der Waals surface area (Å²) in [7, 11) is -3.34. The number of sulfonamides is 1. The molecule has 0 bridgehead atoms. The van der Waals surface area contributed by atoms with Crippen molar-refractivity contribution in [3.63, 3.8) is 0 Å². The average Bonchev–Trinajstić information content (AvgIpc) is 2.94. The molecule has 0 spiro atoms. The molecule has 1 aliphatic rings. The highest BCUT2D eigenvalue weighted by Gasteiger charge is 2.17. The Morgan fingerprint density at radius 2 is 1.91 bits per heavy atom. The Bertz CT molecular complexity index is 772. The lowest BCUT2D eigenvalue weighted by atomic mass is 10.0. The van der Waals surface area contributed by atoms with Gasteiger partial charge in [-0.1, -0.05) is 42.5 Å². The first-order valence-corrected chi connectivity index (χ1v) is 9.45. The van der Waals surface area contributed by atoms with Crippen molar-refractivity contribution in [2.45, 2.75) is 31.6 Å². The third kappa shape index (κ3) is 4.33. The Balaban J connectivity index is 1.61. The van der Waals surface area contributed by atoms with Crippen LogP contribution in [0.5, 0.6) is 5.75 Å². The van der Waals surface area contributed by atoms with Crippen LogP contribution in [0, 0.1) is 0 Å². The lowest BCUT2D eigenvalue weighted by Crippen LogP contribution is -2.35. The highest BCUT2D eigenvalue weighted by atomic mass is 32.2. The van der Waals surface area contributed by atoms with Crippen molar-refractivity contribution in [2.75, 3.05) is 6.61 Å². The van der Waals surface area contributed by atoms with Crippen LogP contribution in [0.25, 0.3) is 0 Å². The van der Waals surface area contributed by atoms with Crippen LogP contribution in [0.2, 0.25) is 0 Å². The van der Waals surface area contributed by atoms with Gasteiger partial charge in [-0.15, -0.1) is 0 Å². The van der Waals surface area contributed by atoms with E-state index in [1.807, 2.05) is 49.4 Å². The first kappa shape index (κ1) is 16.0. The van der Waals surface area contributed by atoms with E-state index in [9.17, 15) is 8.42 Å². The van der Waals surface area contributed by atoms with E-state index < -0.39 is 10.0 Å². The minimum atomic E-state index is -3.34. The molecule has 0 aliphatic carbocycles. The molecule has 122 valence electrons. The summed E-state index contributed by atoms with van der Waals surface area (Å²) in [5.41, 5.74) is 3.13. The number of ether oxygens (including phenoxy) is 1. The molecular weight excluding hydrogens is 310 g/mol. The van der Waals surface area contributed by atoms with Gasteiger partial charge in [0.2, 0.25) is 10.0 Å². The van der Waals surface area contributed by atoms with E-state index in [1.165, 1.54) is 5.56 Å². The van der Waals surface area contributed by atoms with E-state index in [0.29, 0.717) is 6.42 Å². The molecule has 3 rings (SSSR count). The first-order chi connectivity index (χ1) is 11.0. The summed E-state index contributed by atoms with van der Waals surface area (Å²) >= 11 is 0. The molecule has 5 heteroatoms. The summed E-state index contributed by atoms with van der Waals surface area (Å²) in [5.74, 6) is 0.960. The lowest BCUT2D eigenvalue weighted by molar-refractivity contribution is 0.357. The molecule has 4 nitrogen and oxygen atoms in total. The molecule has 1 heterocycles. The van der Waals surface area contributed by atoms with Gasteiger partial charge in [0.05, 0.1) is 12.4 Å². The molecule has 0 aromatic heterocycles. The summed E-state index contributed by atoms with van der Waals surface area (Å²) < 4.78 is 32.8. The lowest BCUT2D eigenvalue weighted by Gasteiger charge is -2.15. The van der Waals surface area contributed by atoms with Gasteiger partial charge in [-0.25, -0.2) is 13.1 Å². The topological polar surface area (TPSA) is 55.4 Å². The van der Waals surface area contributed by atoms with Crippen molar-refractivity contribution in [1.29, 1.82) is 0 Å². The monoisotopic (exact) mass is 331 g/mol. The maximum absolute atomic E-state index is 12.3. The average molecular weight is 331 g/mol. The summed E-state index contributed by atoms with van der Waals surface area (Å²) in [6.07, 6.45) is 1.60. The third-order valence-corrected chi connectivity index (χ3v) is 5.35. The second kappa shape index (κ2) is 6.72. The third-order valence-electron chi connectivity index (χ3n) is 3.88. The van der Waals surface area contributed by atoms with Crippen LogP contribution >= 0.6 is 0 Å². The predicted molar refractivity (Wildman–Crippen MR) is 91.0 cm³/mol. The maximum Gasteiger partial charge on any atom is 0.216 e. The van der Waals surface area contributed by atoms with Gasteiger partial charge in [-0.3, -0.25) is 0 Å². The van der Waals surface area contributed by atoms with Crippen molar-refractivity contribution in [3.05, 3.63) is 65.2 Å². The Labute approximate surface area is 137 Å². The number of rotatable bonds is 6. The second-order valence-electron chi connectivity index (χ2n) is 6.01. The molecule has 23 heavy (non-hydrogen) atoms. The number of hydrogen-bond donors (Lipinski definition) is 1. The molecule has 2 aromatic carbocycles. The van der Waals surface area contributed by atoms with Gasteiger partial charge in [-0.2, -0.15) is 0 Å². The summed E-state index contributed by atoms with van der Waals surface area (Å²) in [6, 6.07) is 15.2. The van der Waals surface area contributed by atoms with Crippen LogP contribution in [-0.4, -0.2) is 21.1 Å². The van der Waals surface area contributed by atoms with E-state index in [4.69, 9.17) is 4.74 Å². The zero-order valence-electron chi connectivity index (χ0n) is 13.2. The fraction of sp³-hybridized carbons (Fsp3) is 0.333. The standard InChI is InChI=1S/C18H21NO3S/c1-14(11-16-7-8-18-17(12-16)9-10-22-18)19-23(20,21)13-15-5-3-2-4-6-15/h2-8,12,14,19H,9-11,13H2,1H3/t14-/m0/s1. The van der Waals surface area contributed by atoms with Gasteiger partial charge in [0.15, 0.2) is 0 Å². The Kier molecular flexibility index (Phi) is 4.68. The Hall–Kier alpha value is -1.85. The minimum absolute atomic E-state index is 0.0101. The molecule has 0 unspecified atom stereocenters. The molecule has 0 saturated carbocycles. The highest BCUT2D eigenvalue weighted by molar-refractivity contribution is 7.88. The molecule has 2 aromatic rings. The molecular formula is C18H21NO3S. The zero-order chi connectivity index (χ0) is 16.3. The molecule has 1 N–H and O–H groups in total. The minimum Gasteiger partial charge on any atom is -0.493 e. The largest absolute Gasteiger partial charge is 0.493 e. The summed E-state index contributed by atoms with van der Waals surface area (Å²) in [5, 5.41) is 0. The number of hydrogen-bond acceptors (Lipinski definition) is 3. The molecule has 0 saturated heterocycles. The van der Waals surface area contributed by atoms with Crippen LogP contribution < -0.4 is 9.46 Å². The van der Waals surface area contributed by atoms with Gasteiger partial charge in [0, 0.05) is 12.5 Å². The van der Waals surface area contributed by atoms with Crippen LogP contribution in [0.3, 0.4) is 0 Å². The van der Waals surface area contributed by atoms with Crippen LogP contribution in [0.15, 0.2) is 48.5 Å². The van der Waals surface area contributed by atoms with Crippen molar-refractivity contribution in [3.8, 4) is 5.75 Å². The first-order valence-electron chi connectivity index (χ1n) is 7.80. The normalized spacial score (nSPS) is 15.0. The Morgan fingerprint density at radius 1 is 1.13 bits per heavy atom. The van der Waals surface area contributed by atoms with E-state index in [-0.39, 0.29) is 11.8 Å². The van der Waals surface area contributed by atoms with Crippen molar-refractivity contribution < 1.29 is 13.2 Å². The van der Waals surface area contributed by atoms with Gasteiger partial charge < -0.3 is 4.74 Å². The predicted octanol–water partition coefficient (Wildman–Crippen LogP) is 2.67. The highest BCUT2D eigenvalue weighted by Crippen LogP contribution is 2.26. The fourth-order valence-electron chi connectivity index (χ4n) is 2.90. The van der Waals surface area contributed by atoms with Crippen LogP contribution in [-0.2, 0) is 28.6 Å². The number of nitrogens with one attached hydrogen (secondary N) is 1. The van der Waals surface area contributed by atoms with E-state index in [0.717, 1.165) is 29.9 Å². The molecule has 0 radical (unpaired) electrons.